The number of urea groups is 1. The molecule has 2 aromatic carbocycles. The number of imide groups is 1. The summed E-state index contributed by atoms with van der Waals surface area (Å²) in [6.07, 6.45) is 0. The van der Waals surface area contributed by atoms with Crippen LogP contribution in [0.3, 0.4) is 0 Å². The second kappa shape index (κ2) is 9.20. The summed E-state index contributed by atoms with van der Waals surface area (Å²) in [5.41, 5.74) is 1.81. The molecule has 0 fully saturated rings. The van der Waals surface area contributed by atoms with E-state index in [0.29, 0.717) is 5.56 Å². The molecule has 0 spiro atoms. The monoisotopic (exact) mass is 419 g/mol. The van der Waals surface area contributed by atoms with E-state index in [9.17, 15) is 22.8 Å². The van der Waals surface area contributed by atoms with Crippen molar-refractivity contribution in [2.24, 2.45) is 0 Å². The molecule has 0 aromatic heterocycles. The van der Waals surface area contributed by atoms with Gasteiger partial charge in [-0.05, 0) is 55.3 Å². The summed E-state index contributed by atoms with van der Waals surface area (Å²) in [7, 11) is -2.45. The van der Waals surface area contributed by atoms with Crippen LogP contribution in [0.5, 0.6) is 0 Å². The van der Waals surface area contributed by atoms with Crippen LogP contribution in [0.1, 0.15) is 21.5 Å². The van der Waals surface area contributed by atoms with Gasteiger partial charge >= 0.3 is 12.0 Å². The predicted molar refractivity (Wildman–Crippen MR) is 106 cm³/mol. The summed E-state index contributed by atoms with van der Waals surface area (Å²) >= 11 is 0. The number of anilines is 1. The molecule has 9 nitrogen and oxygen atoms in total. The molecular weight excluding hydrogens is 398 g/mol. The summed E-state index contributed by atoms with van der Waals surface area (Å²) < 4.78 is 32.5. The summed E-state index contributed by atoms with van der Waals surface area (Å²) in [4.78, 5) is 34.5. The number of hydrogen-bond acceptors (Lipinski definition) is 6. The zero-order valence-electron chi connectivity index (χ0n) is 16.1. The molecule has 10 heteroatoms. The molecule has 0 radical (unpaired) electrons. The molecule has 0 bridgehead atoms. The fraction of sp³-hybridized carbons (Fsp3) is 0.211. The standard InChI is InChI=1S/C19H21N3O6S/c1-12-4-5-13(2)16(10-12)29(26,27)22-15-8-6-14(7-9-15)18(24)28-11-17(23)21-19(25)20-3/h4-10,22H,11H2,1-3H3,(H2,20,21,23,25). The third-order valence-corrected chi connectivity index (χ3v) is 5.34. The number of nitrogens with one attached hydrogen (secondary N) is 3. The molecule has 0 unspecified atom stereocenters. The zero-order chi connectivity index (χ0) is 21.6. The minimum Gasteiger partial charge on any atom is -0.452 e. The van der Waals surface area contributed by atoms with E-state index in [0.717, 1.165) is 5.56 Å². The van der Waals surface area contributed by atoms with Crippen molar-refractivity contribution in [3.05, 3.63) is 59.2 Å². The normalized spacial score (nSPS) is 10.7. The predicted octanol–water partition coefficient (Wildman–Crippen LogP) is 1.72. The fourth-order valence-corrected chi connectivity index (χ4v) is 3.71. The minimum absolute atomic E-state index is 0.118. The van der Waals surface area contributed by atoms with Gasteiger partial charge in [-0.15, -0.1) is 0 Å². The summed E-state index contributed by atoms with van der Waals surface area (Å²) in [6, 6.07) is 9.94. The molecule has 0 heterocycles. The van der Waals surface area contributed by atoms with Gasteiger partial charge in [-0.3, -0.25) is 14.8 Å². The van der Waals surface area contributed by atoms with E-state index in [4.69, 9.17) is 4.74 Å². The van der Waals surface area contributed by atoms with Gasteiger partial charge in [-0.2, -0.15) is 0 Å². The summed E-state index contributed by atoms with van der Waals surface area (Å²) in [5.74, 6) is -1.57. The molecule has 3 amide bonds. The third-order valence-electron chi connectivity index (χ3n) is 3.82. The van der Waals surface area contributed by atoms with Gasteiger partial charge in [0.05, 0.1) is 10.5 Å². The highest BCUT2D eigenvalue weighted by Gasteiger charge is 2.18. The van der Waals surface area contributed by atoms with Gasteiger partial charge in [0.1, 0.15) is 0 Å². The molecule has 0 atom stereocenters. The van der Waals surface area contributed by atoms with Gasteiger partial charge < -0.3 is 10.1 Å². The van der Waals surface area contributed by atoms with Crippen LogP contribution in [0, 0.1) is 13.8 Å². The number of rotatable bonds is 6. The Morgan fingerprint density at radius 3 is 2.28 bits per heavy atom. The maximum absolute atomic E-state index is 12.6. The van der Waals surface area contributed by atoms with Gasteiger partial charge in [0.15, 0.2) is 6.61 Å². The van der Waals surface area contributed by atoms with Crippen LogP contribution in [0.2, 0.25) is 0 Å². The van der Waals surface area contributed by atoms with Crippen molar-refractivity contribution in [1.82, 2.24) is 10.6 Å². The van der Waals surface area contributed by atoms with Crippen molar-refractivity contribution in [3.63, 3.8) is 0 Å². The molecule has 2 rings (SSSR count). The lowest BCUT2D eigenvalue weighted by atomic mass is 10.2. The van der Waals surface area contributed by atoms with Gasteiger partial charge in [-0.25, -0.2) is 18.0 Å². The van der Waals surface area contributed by atoms with E-state index in [-0.39, 0.29) is 16.1 Å². The topological polar surface area (TPSA) is 131 Å². The average molecular weight is 419 g/mol. The largest absolute Gasteiger partial charge is 0.452 e. The molecule has 0 aliphatic rings. The number of esters is 1. The number of carbonyl (C=O) groups is 3. The lowest BCUT2D eigenvalue weighted by Crippen LogP contribution is -2.39. The van der Waals surface area contributed by atoms with Crippen molar-refractivity contribution >= 4 is 33.6 Å². The number of sulfonamides is 1. The number of amides is 3. The second-order valence-electron chi connectivity index (χ2n) is 6.16. The minimum atomic E-state index is -3.79. The van der Waals surface area contributed by atoms with Crippen LogP contribution in [0.25, 0.3) is 0 Å². The van der Waals surface area contributed by atoms with Crippen LogP contribution < -0.4 is 15.4 Å². The Labute approximate surface area is 168 Å². The van der Waals surface area contributed by atoms with Gasteiger partial charge in [0, 0.05) is 12.7 Å². The maximum atomic E-state index is 12.6. The van der Waals surface area contributed by atoms with Crippen molar-refractivity contribution < 1.29 is 27.5 Å². The fourth-order valence-electron chi connectivity index (χ4n) is 2.32. The van der Waals surface area contributed by atoms with Crippen LogP contribution in [-0.4, -0.2) is 40.0 Å². The molecule has 0 aliphatic heterocycles. The number of benzene rings is 2. The Bertz CT molecular complexity index is 1030. The van der Waals surface area contributed by atoms with Crippen molar-refractivity contribution in [1.29, 1.82) is 0 Å². The van der Waals surface area contributed by atoms with Gasteiger partial charge in [-0.1, -0.05) is 12.1 Å². The summed E-state index contributed by atoms with van der Waals surface area (Å²) in [6.45, 7) is 2.87. The van der Waals surface area contributed by atoms with Crippen molar-refractivity contribution in [2.45, 2.75) is 18.7 Å². The third kappa shape index (κ3) is 6.04. The van der Waals surface area contributed by atoms with Crippen LogP contribution in [-0.2, 0) is 19.6 Å². The lowest BCUT2D eigenvalue weighted by molar-refractivity contribution is -0.123. The molecule has 0 aliphatic carbocycles. The highest BCUT2D eigenvalue weighted by molar-refractivity contribution is 7.92. The number of carbonyl (C=O) groups excluding carboxylic acids is 3. The highest BCUT2D eigenvalue weighted by Crippen LogP contribution is 2.21. The number of aryl methyl sites for hydroxylation is 2. The maximum Gasteiger partial charge on any atom is 0.338 e. The Morgan fingerprint density at radius 1 is 1.00 bits per heavy atom. The van der Waals surface area contributed by atoms with E-state index >= 15 is 0 Å². The number of ether oxygens (including phenoxy) is 1. The number of hydrogen-bond donors (Lipinski definition) is 3. The molecule has 0 saturated carbocycles. The first-order valence-electron chi connectivity index (χ1n) is 8.51. The SMILES string of the molecule is CNC(=O)NC(=O)COC(=O)c1ccc(NS(=O)(=O)c2cc(C)ccc2C)cc1. The van der Waals surface area contributed by atoms with Crippen LogP contribution >= 0.6 is 0 Å². The molecule has 29 heavy (non-hydrogen) atoms. The second-order valence-corrected chi connectivity index (χ2v) is 7.81. The smallest absolute Gasteiger partial charge is 0.338 e. The first-order valence-corrected chi connectivity index (χ1v) is 9.99. The first kappa shape index (κ1) is 21.9. The molecule has 154 valence electrons. The van der Waals surface area contributed by atoms with Gasteiger partial charge in [0.2, 0.25) is 0 Å². The van der Waals surface area contributed by atoms with E-state index in [1.54, 1.807) is 26.0 Å². The Balaban J connectivity index is 2.02. The average Bonchev–Trinajstić information content (AvgIpc) is 2.68. The molecule has 0 saturated heterocycles. The lowest BCUT2D eigenvalue weighted by Gasteiger charge is -2.11. The van der Waals surface area contributed by atoms with Crippen LogP contribution in [0.15, 0.2) is 47.4 Å². The van der Waals surface area contributed by atoms with Crippen LogP contribution in [0.4, 0.5) is 10.5 Å². The van der Waals surface area contributed by atoms with E-state index in [2.05, 4.69) is 10.0 Å². The highest BCUT2D eigenvalue weighted by atomic mass is 32.2. The van der Waals surface area contributed by atoms with Crippen molar-refractivity contribution in [2.75, 3.05) is 18.4 Å². The van der Waals surface area contributed by atoms with Crippen molar-refractivity contribution in [3.8, 4) is 0 Å². The zero-order valence-corrected chi connectivity index (χ0v) is 16.9. The van der Waals surface area contributed by atoms with E-state index < -0.39 is 34.5 Å². The first-order chi connectivity index (χ1) is 13.6. The molecule has 2 aromatic rings. The Morgan fingerprint density at radius 2 is 1.66 bits per heavy atom. The van der Waals surface area contributed by atoms with Gasteiger partial charge in [0.25, 0.3) is 15.9 Å². The Kier molecular flexibility index (Phi) is 6.94. The molecular formula is C19H21N3O6S. The Hall–Kier alpha value is -3.40. The molecule has 3 N–H and O–H groups in total. The quantitative estimate of drug-likeness (QED) is 0.611. The van der Waals surface area contributed by atoms with E-state index in [1.807, 2.05) is 11.4 Å². The van der Waals surface area contributed by atoms with E-state index in [1.165, 1.54) is 31.3 Å². The summed E-state index contributed by atoms with van der Waals surface area (Å²) in [5, 5.41) is 4.14.